The highest BCUT2D eigenvalue weighted by molar-refractivity contribution is 7.13. The first-order valence-corrected chi connectivity index (χ1v) is 9.78. The quantitative estimate of drug-likeness (QED) is 0.621. The van der Waals surface area contributed by atoms with E-state index in [-0.39, 0.29) is 24.8 Å². The Bertz CT molecular complexity index is 920. The number of pyridine rings is 1. The molecule has 1 aromatic carbocycles. The van der Waals surface area contributed by atoms with Gasteiger partial charge in [-0.25, -0.2) is 4.98 Å². The molecule has 29 heavy (non-hydrogen) atoms. The van der Waals surface area contributed by atoms with Crippen LogP contribution in [0.2, 0.25) is 0 Å². The van der Waals surface area contributed by atoms with Gasteiger partial charge in [0.05, 0.1) is 5.69 Å². The molecule has 3 N–H and O–H groups in total. The van der Waals surface area contributed by atoms with Gasteiger partial charge in [0.15, 0.2) is 0 Å². The van der Waals surface area contributed by atoms with Crippen LogP contribution in [0.15, 0.2) is 54.2 Å². The number of amides is 1. The van der Waals surface area contributed by atoms with Crippen molar-refractivity contribution in [2.24, 2.45) is 5.73 Å². The zero-order valence-corrected chi connectivity index (χ0v) is 18.1. The second-order valence-electron chi connectivity index (χ2n) is 6.56. The average molecular weight is 452 g/mol. The van der Waals surface area contributed by atoms with Crippen LogP contribution in [-0.2, 0) is 6.54 Å². The maximum absolute atomic E-state index is 11.2. The van der Waals surface area contributed by atoms with Crippen molar-refractivity contribution in [1.82, 2.24) is 20.2 Å². The number of rotatable bonds is 5. The Kier molecular flexibility index (Phi) is 8.55. The zero-order valence-electron chi connectivity index (χ0n) is 15.7. The molecule has 0 aliphatic carbocycles. The minimum atomic E-state index is -0.415. The fourth-order valence-electron chi connectivity index (χ4n) is 3.33. The lowest BCUT2D eigenvalue weighted by Crippen LogP contribution is -2.45. The van der Waals surface area contributed by atoms with Crippen LogP contribution in [-0.4, -0.2) is 40.4 Å². The summed E-state index contributed by atoms with van der Waals surface area (Å²) in [5.74, 6) is -0.415. The van der Waals surface area contributed by atoms with E-state index < -0.39 is 5.91 Å². The van der Waals surface area contributed by atoms with Crippen LogP contribution in [0.4, 0.5) is 0 Å². The Balaban J connectivity index is 0.00000150. The molecule has 4 rings (SSSR count). The number of nitrogens with one attached hydrogen (secondary N) is 1. The van der Waals surface area contributed by atoms with Crippen molar-refractivity contribution in [3.05, 3.63) is 71.0 Å². The van der Waals surface area contributed by atoms with Gasteiger partial charge >= 0.3 is 0 Å². The Morgan fingerprint density at radius 2 is 2.03 bits per heavy atom. The molecule has 1 aliphatic heterocycles. The molecule has 2 aromatic heterocycles. The van der Waals surface area contributed by atoms with Crippen LogP contribution in [0.5, 0.6) is 0 Å². The second kappa shape index (κ2) is 10.7. The van der Waals surface area contributed by atoms with Gasteiger partial charge in [-0.2, -0.15) is 0 Å². The molecule has 1 fully saturated rings. The van der Waals surface area contributed by atoms with E-state index in [9.17, 15) is 4.79 Å². The summed E-state index contributed by atoms with van der Waals surface area (Å²) in [7, 11) is 0. The standard InChI is InChI=1S/C20H21N5OS.2ClH/c21-19(26)14-3-5-15(6-4-14)20-24-17(13-27-20)12-25-9-8-23-11-18(25)16-2-1-7-22-10-16;;/h1-7,10,13,18,23H,8-9,11-12H2,(H2,21,26);2*1H. The Labute approximate surface area is 186 Å². The number of primary amides is 1. The molecule has 0 saturated carbocycles. The summed E-state index contributed by atoms with van der Waals surface area (Å²) in [5.41, 5.74) is 9.10. The van der Waals surface area contributed by atoms with Crippen molar-refractivity contribution in [3.8, 4) is 10.6 Å². The van der Waals surface area contributed by atoms with Crippen molar-refractivity contribution in [1.29, 1.82) is 0 Å². The summed E-state index contributed by atoms with van der Waals surface area (Å²) in [4.78, 5) is 22.7. The molecule has 0 spiro atoms. The molecule has 1 atom stereocenters. The van der Waals surface area contributed by atoms with E-state index in [1.54, 1.807) is 29.7 Å². The first-order chi connectivity index (χ1) is 13.2. The predicted molar refractivity (Wildman–Crippen MR) is 121 cm³/mol. The molecule has 154 valence electrons. The van der Waals surface area contributed by atoms with Crippen LogP contribution < -0.4 is 11.1 Å². The highest BCUT2D eigenvalue weighted by Gasteiger charge is 2.24. The topological polar surface area (TPSA) is 84.1 Å². The van der Waals surface area contributed by atoms with Gasteiger partial charge in [-0.3, -0.25) is 14.7 Å². The van der Waals surface area contributed by atoms with Crippen LogP contribution in [0.25, 0.3) is 10.6 Å². The zero-order chi connectivity index (χ0) is 18.6. The number of benzene rings is 1. The normalized spacial score (nSPS) is 16.5. The van der Waals surface area contributed by atoms with Crippen LogP contribution >= 0.6 is 36.2 Å². The molecule has 3 aromatic rings. The predicted octanol–water partition coefficient (Wildman–Crippen LogP) is 3.29. The van der Waals surface area contributed by atoms with E-state index in [1.807, 2.05) is 24.4 Å². The van der Waals surface area contributed by atoms with E-state index in [1.165, 1.54) is 5.56 Å². The first kappa shape index (κ1) is 23.3. The number of thiazole rings is 1. The molecule has 1 saturated heterocycles. The van der Waals surface area contributed by atoms with Crippen LogP contribution in [0, 0.1) is 0 Å². The minimum Gasteiger partial charge on any atom is -0.366 e. The highest BCUT2D eigenvalue weighted by Crippen LogP contribution is 2.27. The number of carbonyl (C=O) groups excluding carboxylic acids is 1. The van der Waals surface area contributed by atoms with Gasteiger partial charge in [0.1, 0.15) is 5.01 Å². The summed E-state index contributed by atoms with van der Waals surface area (Å²) in [5, 5.41) is 6.53. The van der Waals surface area contributed by atoms with Crippen LogP contribution in [0.3, 0.4) is 0 Å². The maximum Gasteiger partial charge on any atom is 0.248 e. The molecule has 0 radical (unpaired) electrons. The molecular weight excluding hydrogens is 429 g/mol. The van der Waals surface area contributed by atoms with Crippen molar-refractivity contribution in [2.75, 3.05) is 19.6 Å². The molecule has 1 unspecified atom stereocenters. The van der Waals surface area contributed by atoms with E-state index in [0.29, 0.717) is 11.6 Å². The van der Waals surface area contributed by atoms with Gasteiger partial charge in [-0.1, -0.05) is 18.2 Å². The molecule has 6 nitrogen and oxygen atoms in total. The number of aromatic nitrogens is 2. The summed E-state index contributed by atoms with van der Waals surface area (Å²) in [6, 6.07) is 11.7. The second-order valence-corrected chi connectivity index (χ2v) is 7.42. The highest BCUT2D eigenvalue weighted by atomic mass is 35.5. The lowest BCUT2D eigenvalue weighted by atomic mass is 10.1. The molecular formula is C20H23Cl2N5OS. The number of nitrogens with two attached hydrogens (primary N) is 1. The molecule has 1 amide bonds. The van der Waals surface area contributed by atoms with Crippen molar-refractivity contribution < 1.29 is 4.79 Å². The van der Waals surface area contributed by atoms with Crippen molar-refractivity contribution in [2.45, 2.75) is 12.6 Å². The number of hydrogen-bond donors (Lipinski definition) is 2. The largest absolute Gasteiger partial charge is 0.366 e. The Morgan fingerprint density at radius 1 is 1.24 bits per heavy atom. The maximum atomic E-state index is 11.2. The van der Waals surface area contributed by atoms with Crippen LogP contribution in [0.1, 0.15) is 27.7 Å². The number of carbonyl (C=O) groups is 1. The number of piperazine rings is 1. The smallest absolute Gasteiger partial charge is 0.248 e. The van der Waals surface area contributed by atoms with E-state index in [4.69, 9.17) is 10.7 Å². The van der Waals surface area contributed by atoms with Crippen molar-refractivity contribution in [3.63, 3.8) is 0 Å². The van der Waals surface area contributed by atoms with Gasteiger partial charge in [-0.05, 0) is 23.8 Å². The molecule has 0 bridgehead atoms. The average Bonchev–Trinajstić information content (AvgIpc) is 3.18. The summed E-state index contributed by atoms with van der Waals surface area (Å²) in [6.45, 7) is 3.66. The lowest BCUT2D eigenvalue weighted by Gasteiger charge is -2.35. The van der Waals surface area contributed by atoms with Gasteiger partial charge in [0, 0.05) is 61.1 Å². The SMILES string of the molecule is Cl.Cl.NC(=O)c1ccc(-c2nc(CN3CCNCC3c3cccnc3)cs2)cc1. The Morgan fingerprint density at radius 3 is 2.72 bits per heavy atom. The van der Waals surface area contributed by atoms with E-state index >= 15 is 0 Å². The van der Waals surface area contributed by atoms with Gasteiger partial charge in [-0.15, -0.1) is 36.2 Å². The first-order valence-electron chi connectivity index (χ1n) is 8.90. The Hall–Kier alpha value is -2.03. The number of halogens is 2. The van der Waals surface area contributed by atoms with Gasteiger partial charge in [0.2, 0.25) is 5.91 Å². The summed E-state index contributed by atoms with van der Waals surface area (Å²) < 4.78 is 0. The monoisotopic (exact) mass is 451 g/mol. The minimum absolute atomic E-state index is 0. The van der Waals surface area contributed by atoms with Gasteiger partial charge in [0.25, 0.3) is 0 Å². The molecule has 9 heteroatoms. The lowest BCUT2D eigenvalue weighted by molar-refractivity contribution is 0.100. The molecule has 1 aliphatic rings. The van der Waals surface area contributed by atoms with E-state index in [0.717, 1.165) is 42.4 Å². The number of nitrogens with zero attached hydrogens (tertiary/aromatic N) is 3. The summed E-state index contributed by atoms with van der Waals surface area (Å²) >= 11 is 1.62. The third kappa shape index (κ3) is 5.52. The number of hydrogen-bond acceptors (Lipinski definition) is 6. The van der Waals surface area contributed by atoms with Crippen molar-refractivity contribution >= 4 is 42.1 Å². The molecule has 3 heterocycles. The summed E-state index contributed by atoms with van der Waals surface area (Å²) in [6.07, 6.45) is 3.75. The van der Waals surface area contributed by atoms with Gasteiger partial charge < -0.3 is 11.1 Å². The fraction of sp³-hybridized carbons (Fsp3) is 0.250. The van der Waals surface area contributed by atoms with E-state index in [2.05, 4.69) is 26.6 Å². The third-order valence-electron chi connectivity index (χ3n) is 4.76. The fourth-order valence-corrected chi connectivity index (χ4v) is 4.15. The third-order valence-corrected chi connectivity index (χ3v) is 5.70.